The lowest BCUT2D eigenvalue weighted by molar-refractivity contribution is -0.137. The third-order valence-electron chi connectivity index (χ3n) is 3.70. The van der Waals surface area contributed by atoms with E-state index in [9.17, 15) is 9.59 Å². The SMILES string of the molecule is CN1C(=O)CC(NCc2cc3c(s2)CCC3)C1=O. The van der Waals surface area contributed by atoms with Crippen LogP contribution in [0.5, 0.6) is 0 Å². The van der Waals surface area contributed by atoms with Gasteiger partial charge in [0.15, 0.2) is 0 Å². The van der Waals surface area contributed by atoms with Crippen molar-refractivity contribution in [3.63, 3.8) is 0 Å². The Morgan fingerprint density at radius 2 is 2.28 bits per heavy atom. The molecule has 18 heavy (non-hydrogen) atoms. The number of nitrogens with one attached hydrogen (secondary N) is 1. The highest BCUT2D eigenvalue weighted by atomic mass is 32.1. The molecule has 0 bridgehead atoms. The predicted molar refractivity (Wildman–Crippen MR) is 69.4 cm³/mol. The third-order valence-corrected chi connectivity index (χ3v) is 4.94. The molecule has 3 rings (SSSR count). The summed E-state index contributed by atoms with van der Waals surface area (Å²) in [6.07, 6.45) is 3.95. The van der Waals surface area contributed by atoms with Crippen LogP contribution in [0.1, 0.15) is 28.2 Å². The number of nitrogens with zero attached hydrogens (tertiary/aromatic N) is 1. The van der Waals surface area contributed by atoms with Crippen LogP contribution in [0.2, 0.25) is 0 Å². The van der Waals surface area contributed by atoms with Crippen LogP contribution in [-0.2, 0) is 29.0 Å². The summed E-state index contributed by atoms with van der Waals surface area (Å²) < 4.78 is 0. The topological polar surface area (TPSA) is 49.4 Å². The van der Waals surface area contributed by atoms with Crippen molar-refractivity contribution in [2.24, 2.45) is 0 Å². The molecule has 0 saturated carbocycles. The fourth-order valence-corrected chi connectivity index (χ4v) is 3.83. The lowest BCUT2D eigenvalue weighted by Gasteiger charge is -2.09. The van der Waals surface area contributed by atoms with Gasteiger partial charge in [0, 0.05) is 23.3 Å². The lowest BCUT2D eigenvalue weighted by atomic mass is 10.2. The first-order valence-electron chi connectivity index (χ1n) is 6.29. The van der Waals surface area contributed by atoms with Crippen LogP contribution in [0.15, 0.2) is 6.07 Å². The Balaban J connectivity index is 1.61. The number of imide groups is 1. The third kappa shape index (κ3) is 1.97. The van der Waals surface area contributed by atoms with Crippen LogP contribution in [0.25, 0.3) is 0 Å². The van der Waals surface area contributed by atoms with Gasteiger partial charge in [-0.3, -0.25) is 14.5 Å². The highest BCUT2D eigenvalue weighted by Gasteiger charge is 2.35. The zero-order valence-corrected chi connectivity index (χ0v) is 11.2. The van der Waals surface area contributed by atoms with Crippen molar-refractivity contribution in [1.82, 2.24) is 10.2 Å². The molecule has 1 fully saturated rings. The molecular weight excluding hydrogens is 248 g/mol. The minimum Gasteiger partial charge on any atom is -0.300 e. The van der Waals surface area contributed by atoms with Gasteiger partial charge in [-0.25, -0.2) is 0 Å². The van der Waals surface area contributed by atoms with Crippen molar-refractivity contribution in [3.05, 3.63) is 21.4 Å². The molecule has 2 heterocycles. The Kier molecular flexibility index (Phi) is 2.95. The number of carbonyl (C=O) groups is 2. The van der Waals surface area contributed by atoms with E-state index >= 15 is 0 Å². The summed E-state index contributed by atoms with van der Waals surface area (Å²) in [5.74, 6) is -0.199. The maximum absolute atomic E-state index is 11.7. The van der Waals surface area contributed by atoms with E-state index in [-0.39, 0.29) is 17.9 Å². The highest BCUT2D eigenvalue weighted by Crippen LogP contribution is 2.30. The van der Waals surface area contributed by atoms with Crippen LogP contribution in [0.3, 0.4) is 0 Å². The first-order valence-corrected chi connectivity index (χ1v) is 7.11. The van der Waals surface area contributed by atoms with Gasteiger partial charge in [-0.2, -0.15) is 0 Å². The van der Waals surface area contributed by atoms with Crippen molar-refractivity contribution in [2.45, 2.75) is 38.3 Å². The number of hydrogen-bond donors (Lipinski definition) is 1. The Labute approximate surface area is 110 Å². The molecule has 0 spiro atoms. The minimum absolute atomic E-state index is 0.0915. The lowest BCUT2D eigenvalue weighted by Crippen LogP contribution is -2.36. The Bertz CT molecular complexity index is 488. The first-order chi connectivity index (χ1) is 8.65. The number of rotatable bonds is 3. The summed E-state index contributed by atoms with van der Waals surface area (Å²) in [6.45, 7) is 0.690. The van der Waals surface area contributed by atoms with Crippen molar-refractivity contribution in [3.8, 4) is 0 Å². The van der Waals surface area contributed by atoms with Crippen molar-refractivity contribution < 1.29 is 9.59 Å². The van der Waals surface area contributed by atoms with Gasteiger partial charge in [0.05, 0.1) is 12.5 Å². The van der Waals surface area contributed by atoms with Gasteiger partial charge < -0.3 is 5.32 Å². The smallest absolute Gasteiger partial charge is 0.246 e. The summed E-state index contributed by atoms with van der Waals surface area (Å²) in [5.41, 5.74) is 1.47. The number of thiophene rings is 1. The Morgan fingerprint density at radius 1 is 1.44 bits per heavy atom. The average Bonchev–Trinajstić information content (AvgIpc) is 2.97. The van der Waals surface area contributed by atoms with Gasteiger partial charge in [0.1, 0.15) is 0 Å². The number of fused-ring (bicyclic) bond motifs is 1. The summed E-state index contributed by atoms with van der Waals surface area (Å²) in [7, 11) is 1.55. The monoisotopic (exact) mass is 264 g/mol. The molecule has 1 saturated heterocycles. The van der Waals surface area contributed by atoms with Crippen LogP contribution in [0, 0.1) is 0 Å². The Morgan fingerprint density at radius 3 is 2.94 bits per heavy atom. The normalized spacial score (nSPS) is 22.9. The second-order valence-corrected chi connectivity index (χ2v) is 6.16. The molecule has 1 aliphatic heterocycles. The van der Waals surface area contributed by atoms with E-state index in [1.54, 1.807) is 7.05 Å². The number of aryl methyl sites for hydroxylation is 2. The average molecular weight is 264 g/mol. The summed E-state index contributed by atoms with van der Waals surface area (Å²) >= 11 is 1.84. The second-order valence-electron chi connectivity index (χ2n) is 4.94. The molecule has 1 N–H and O–H groups in total. The van der Waals surface area contributed by atoms with E-state index in [4.69, 9.17) is 0 Å². The number of likely N-dealkylation sites (N-methyl/N-ethyl adjacent to an activating group) is 1. The summed E-state index contributed by atoms with van der Waals surface area (Å²) in [6, 6.07) is 1.91. The zero-order valence-electron chi connectivity index (χ0n) is 10.4. The van der Waals surface area contributed by atoms with Crippen molar-refractivity contribution in [2.75, 3.05) is 7.05 Å². The minimum atomic E-state index is -0.334. The van der Waals surface area contributed by atoms with Gasteiger partial charge in [-0.1, -0.05) is 0 Å². The van der Waals surface area contributed by atoms with E-state index in [1.165, 1.54) is 39.5 Å². The van der Waals surface area contributed by atoms with Crippen LogP contribution in [0.4, 0.5) is 0 Å². The number of amides is 2. The molecular formula is C13H16N2O2S. The predicted octanol–water partition coefficient (Wildman–Crippen LogP) is 1.08. The molecule has 5 heteroatoms. The van der Waals surface area contributed by atoms with E-state index in [0.29, 0.717) is 13.0 Å². The largest absolute Gasteiger partial charge is 0.300 e. The summed E-state index contributed by atoms with van der Waals surface area (Å²) in [4.78, 5) is 27.1. The maximum atomic E-state index is 11.7. The molecule has 1 aromatic rings. The molecule has 96 valence electrons. The van der Waals surface area contributed by atoms with Crippen molar-refractivity contribution in [1.29, 1.82) is 0 Å². The molecule has 2 amide bonds. The zero-order chi connectivity index (χ0) is 12.7. The van der Waals surface area contributed by atoms with E-state index in [1.807, 2.05) is 11.3 Å². The Hall–Kier alpha value is -1.20. The van der Waals surface area contributed by atoms with E-state index < -0.39 is 0 Å². The van der Waals surface area contributed by atoms with Gasteiger partial charge in [-0.15, -0.1) is 11.3 Å². The maximum Gasteiger partial charge on any atom is 0.246 e. The molecule has 2 aliphatic rings. The van der Waals surface area contributed by atoms with E-state index in [2.05, 4.69) is 11.4 Å². The molecule has 1 aliphatic carbocycles. The number of hydrogen-bond acceptors (Lipinski definition) is 4. The molecule has 0 radical (unpaired) electrons. The fraction of sp³-hybridized carbons (Fsp3) is 0.538. The highest BCUT2D eigenvalue weighted by molar-refractivity contribution is 7.12. The number of likely N-dealkylation sites (tertiary alicyclic amines) is 1. The van der Waals surface area contributed by atoms with Gasteiger partial charge in [0.2, 0.25) is 11.8 Å². The quantitative estimate of drug-likeness (QED) is 0.831. The molecule has 0 aromatic carbocycles. The summed E-state index contributed by atoms with van der Waals surface area (Å²) in [5, 5.41) is 3.20. The molecule has 1 unspecified atom stereocenters. The van der Waals surface area contributed by atoms with Gasteiger partial charge in [-0.05, 0) is 30.9 Å². The van der Waals surface area contributed by atoms with Crippen molar-refractivity contribution >= 4 is 23.2 Å². The second kappa shape index (κ2) is 4.48. The van der Waals surface area contributed by atoms with Crippen LogP contribution >= 0.6 is 11.3 Å². The van der Waals surface area contributed by atoms with Crippen LogP contribution < -0.4 is 5.32 Å². The number of carbonyl (C=O) groups excluding carboxylic acids is 2. The molecule has 4 nitrogen and oxygen atoms in total. The molecule has 1 aromatic heterocycles. The van der Waals surface area contributed by atoms with Gasteiger partial charge >= 0.3 is 0 Å². The standard InChI is InChI=1S/C13H16N2O2S/c1-15-12(16)6-10(13(15)17)14-7-9-5-8-3-2-4-11(8)18-9/h5,10,14H,2-4,6-7H2,1H3. The van der Waals surface area contributed by atoms with E-state index in [0.717, 1.165) is 0 Å². The van der Waals surface area contributed by atoms with Crippen LogP contribution in [-0.4, -0.2) is 29.8 Å². The van der Waals surface area contributed by atoms with Gasteiger partial charge in [0.25, 0.3) is 0 Å². The first kappa shape index (κ1) is 11.9. The fourth-order valence-electron chi connectivity index (χ4n) is 2.62. The molecule has 1 atom stereocenters.